The van der Waals surface area contributed by atoms with Crippen molar-refractivity contribution >= 4 is 11.6 Å². The Bertz CT molecular complexity index is 456. The molecule has 1 aromatic carbocycles. The van der Waals surface area contributed by atoms with Gasteiger partial charge in [-0.15, -0.1) is 0 Å². The van der Waals surface area contributed by atoms with Crippen molar-refractivity contribution in [3.05, 3.63) is 29.6 Å². The summed E-state index contributed by atoms with van der Waals surface area (Å²) in [6, 6.07) is 4.29. The van der Waals surface area contributed by atoms with Crippen LogP contribution in [0, 0.1) is 5.82 Å². The number of halogens is 1. The molecular weight excluding hydrogens is 257 g/mol. The van der Waals surface area contributed by atoms with Crippen LogP contribution in [0.3, 0.4) is 0 Å². The van der Waals surface area contributed by atoms with Gasteiger partial charge in [-0.3, -0.25) is 4.79 Å². The Balaban J connectivity index is 1.81. The van der Waals surface area contributed by atoms with Gasteiger partial charge in [0.15, 0.2) is 0 Å². The van der Waals surface area contributed by atoms with Crippen molar-refractivity contribution in [2.45, 2.75) is 25.7 Å². The molecule has 1 fully saturated rings. The lowest BCUT2D eigenvalue weighted by Crippen LogP contribution is -2.35. The van der Waals surface area contributed by atoms with E-state index in [2.05, 4.69) is 10.2 Å². The number of rotatable bonds is 4. The average Bonchev–Trinajstić information content (AvgIpc) is 2.70. The highest BCUT2D eigenvalue weighted by Gasteiger charge is 2.13. The third-order valence-electron chi connectivity index (χ3n) is 3.71. The molecule has 4 nitrogen and oxygen atoms in total. The van der Waals surface area contributed by atoms with Crippen molar-refractivity contribution in [1.82, 2.24) is 10.2 Å². The number of nitrogens with zero attached hydrogens (tertiary/aromatic N) is 1. The Kier molecular flexibility index (Phi) is 5.35. The van der Waals surface area contributed by atoms with Gasteiger partial charge in [-0.2, -0.15) is 0 Å². The molecule has 0 spiro atoms. The maximum absolute atomic E-state index is 13.3. The summed E-state index contributed by atoms with van der Waals surface area (Å²) in [5.74, 6) is -0.859. The van der Waals surface area contributed by atoms with Crippen LogP contribution in [0.2, 0.25) is 0 Å². The molecule has 0 aliphatic carbocycles. The first-order chi connectivity index (χ1) is 9.68. The van der Waals surface area contributed by atoms with Crippen molar-refractivity contribution in [2.24, 2.45) is 0 Å². The minimum absolute atomic E-state index is 0.0835. The fourth-order valence-electron chi connectivity index (χ4n) is 2.52. The summed E-state index contributed by atoms with van der Waals surface area (Å²) < 4.78 is 13.3. The second kappa shape index (κ2) is 7.24. The average molecular weight is 279 g/mol. The molecule has 0 atom stereocenters. The van der Waals surface area contributed by atoms with E-state index in [1.807, 2.05) is 0 Å². The van der Waals surface area contributed by atoms with Crippen LogP contribution in [0.25, 0.3) is 0 Å². The summed E-state index contributed by atoms with van der Waals surface area (Å²) in [4.78, 5) is 14.3. The maximum Gasteiger partial charge on any atom is 0.253 e. The van der Waals surface area contributed by atoms with Crippen LogP contribution in [0.5, 0.6) is 0 Å². The normalized spacial score (nSPS) is 16.6. The number of para-hydroxylation sites is 1. The summed E-state index contributed by atoms with van der Waals surface area (Å²) in [5, 5.41) is 2.81. The number of nitrogens with one attached hydrogen (secondary N) is 1. The van der Waals surface area contributed by atoms with Gasteiger partial charge in [-0.05, 0) is 38.1 Å². The quantitative estimate of drug-likeness (QED) is 0.829. The van der Waals surface area contributed by atoms with Crippen molar-refractivity contribution in [2.75, 3.05) is 31.9 Å². The molecule has 1 saturated heterocycles. The number of hydrogen-bond donors (Lipinski definition) is 2. The molecule has 0 bridgehead atoms. The molecule has 5 heteroatoms. The highest BCUT2D eigenvalue weighted by molar-refractivity contribution is 5.99. The number of carbonyl (C=O) groups is 1. The Labute approximate surface area is 119 Å². The van der Waals surface area contributed by atoms with Crippen molar-refractivity contribution < 1.29 is 9.18 Å². The lowest BCUT2D eigenvalue weighted by atomic mass is 10.1. The Hall–Kier alpha value is -1.62. The molecular formula is C15H22FN3O. The Morgan fingerprint density at radius 3 is 2.65 bits per heavy atom. The van der Waals surface area contributed by atoms with Gasteiger partial charge in [0, 0.05) is 13.1 Å². The van der Waals surface area contributed by atoms with Gasteiger partial charge >= 0.3 is 0 Å². The number of carbonyl (C=O) groups excluding carboxylic acids is 1. The van der Waals surface area contributed by atoms with E-state index in [1.165, 1.54) is 37.8 Å². The fourth-order valence-corrected chi connectivity index (χ4v) is 2.52. The molecule has 20 heavy (non-hydrogen) atoms. The first-order valence-corrected chi connectivity index (χ1v) is 7.23. The van der Waals surface area contributed by atoms with Crippen LogP contribution in [0.4, 0.5) is 10.1 Å². The molecule has 3 N–H and O–H groups in total. The molecule has 0 unspecified atom stereocenters. The molecule has 0 radical (unpaired) electrons. The summed E-state index contributed by atoms with van der Waals surface area (Å²) >= 11 is 0. The molecule has 1 aliphatic heterocycles. The van der Waals surface area contributed by atoms with Gasteiger partial charge in [0.2, 0.25) is 0 Å². The van der Waals surface area contributed by atoms with Gasteiger partial charge in [0.05, 0.1) is 11.3 Å². The first kappa shape index (κ1) is 14.8. The third kappa shape index (κ3) is 3.93. The van der Waals surface area contributed by atoms with Crippen LogP contribution >= 0.6 is 0 Å². The number of amides is 1. The highest BCUT2D eigenvalue weighted by Crippen LogP contribution is 2.15. The molecule has 0 saturated carbocycles. The van der Waals surface area contributed by atoms with E-state index in [0.29, 0.717) is 6.54 Å². The zero-order valence-electron chi connectivity index (χ0n) is 11.7. The Morgan fingerprint density at radius 1 is 1.25 bits per heavy atom. The summed E-state index contributed by atoms with van der Waals surface area (Å²) in [7, 11) is 0. The standard InChI is InChI=1S/C15H22FN3O/c16-13-7-5-6-12(14(13)17)15(20)18-8-11-19-9-3-1-2-4-10-19/h5-7H,1-4,8-11,17H2,(H,18,20). The maximum atomic E-state index is 13.3. The van der Waals surface area contributed by atoms with E-state index in [9.17, 15) is 9.18 Å². The number of hydrogen-bond acceptors (Lipinski definition) is 3. The van der Waals surface area contributed by atoms with Gasteiger partial charge in [0.25, 0.3) is 5.91 Å². The molecule has 2 rings (SSSR count). The smallest absolute Gasteiger partial charge is 0.253 e. The van der Waals surface area contributed by atoms with E-state index < -0.39 is 5.82 Å². The van der Waals surface area contributed by atoms with Crippen LogP contribution in [0.1, 0.15) is 36.0 Å². The van der Waals surface area contributed by atoms with Crippen molar-refractivity contribution in [3.63, 3.8) is 0 Å². The van der Waals surface area contributed by atoms with E-state index in [4.69, 9.17) is 5.73 Å². The van der Waals surface area contributed by atoms with E-state index in [0.717, 1.165) is 19.6 Å². The lowest BCUT2D eigenvalue weighted by Gasteiger charge is -2.19. The summed E-state index contributed by atoms with van der Waals surface area (Å²) in [6.07, 6.45) is 5.04. The monoisotopic (exact) mass is 279 g/mol. The summed E-state index contributed by atoms with van der Waals surface area (Å²) in [5.41, 5.74) is 5.70. The number of nitrogens with two attached hydrogens (primary N) is 1. The number of anilines is 1. The van der Waals surface area contributed by atoms with Crippen LogP contribution < -0.4 is 11.1 Å². The van der Waals surface area contributed by atoms with Gasteiger partial charge in [-0.1, -0.05) is 18.9 Å². The minimum atomic E-state index is -0.551. The molecule has 0 aromatic heterocycles. The number of likely N-dealkylation sites (tertiary alicyclic amines) is 1. The number of benzene rings is 1. The second-order valence-electron chi connectivity index (χ2n) is 5.21. The molecule has 110 valence electrons. The van der Waals surface area contributed by atoms with Crippen LogP contribution in [-0.4, -0.2) is 37.0 Å². The minimum Gasteiger partial charge on any atom is -0.396 e. The molecule has 1 aliphatic rings. The van der Waals surface area contributed by atoms with E-state index >= 15 is 0 Å². The summed E-state index contributed by atoms with van der Waals surface area (Å²) in [6.45, 7) is 3.59. The largest absolute Gasteiger partial charge is 0.396 e. The number of nitrogen functional groups attached to an aromatic ring is 1. The lowest BCUT2D eigenvalue weighted by molar-refractivity contribution is 0.0949. The van der Waals surface area contributed by atoms with Crippen molar-refractivity contribution in [3.8, 4) is 0 Å². The first-order valence-electron chi connectivity index (χ1n) is 7.23. The molecule has 1 aromatic rings. The second-order valence-corrected chi connectivity index (χ2v) is 5.21. The zero-order valence-corrected chi connectivity index (χ0v) is 11.7. The zero-order chi connectivity index (χ0) is 14.4. The van der Waals surface area contributed by atoms with Gasteiger partial charge in [0.1, 0.15) is 5.82 Å². The third-order valence-corrected chi connectivity index (χ3v) is 3.71. The topological polar surface area (TPSA) is 58.4 Å². The van der Waals surface area contributed by atoms with E-state index in [-0.39, 0.29) is 17.2 Å². The molecule has 1 amide bonds. The fraction of sp³-hybridized carbons (Fsp3) is 0.533. The SMILES string of the molecule is Nc1c(F)cccc1C(=O)NCCN1CCCCCC1. The predicted molar refractivity (Wildman–Crippen MR) is 78.1 cm³/mol. The van der Waals surface area contributed by atoms with E-state index in [1.54, 1.807) is 6.07 Å². The molecule has 1 heterocycles. The Morgan fingerprint density at radius 2 is 1.95 bits per heavy atom. The predicted octanol–water partition coefficient (Wildman–Crippen LogP) is 2.01. The van der Waals surface area contributed by atoms with Gasteiger partial charge < -0.3 is 16.0 Å². The van der Waals surface area contributed by atoms with Crippen LogP contribution in [0.15, 0.2) is 18.2 Å². The van der Waals surface area contributed by atoms with Crippen LogP contribution in [-0.2, 0) is 0 Å². The highest BCUT2D eigenvalue weighted by atomic mass is 19.1. The van der Waals surface area contributed by atoms with Gasteiger partial charge in [-0.25, -0.2) is 4.39 Å². The van der Waals surface area contributed by atoms with Crippen molar-refractivity contribution in [1.29, 1.82) is 0 Å².